The van der Waals surface area contributed by atoms with Crippen molar-refractivity contribution in [2.24, 2.45) is 0 Å². The van der Waals surface area contributed by atoms with E-state index in [9.17, 15) is 17.2 Å². The minimum atomic E-state index is -3.97. The molecule has 0 aromatic heterocycles. The summed E-state index contributed by atoms with van der Waals surface area (Å²) in [5.74, 6) is -1.88. The van der Waals surface area contributed by atoms with E-state index in [0.717, 1.165) is 25.1 Å². The Morgan fingerprint density at radius 1 is 1.26 bits per heavy atom. The van der Waals surface area contributed by atoms with E-state index in [1.807, 2.05) is 11.8 Å². The van der Waals surface area contributed by atoms with Crippen LogP contribution in [-0.4, -0.2) is 55.5 Å². The molecule has 1 fully saturated rings. The first-order valence-electron chi connectivity index (χ1n) is 7.34. The maximum Gasteiger partial charge on any atom is 0.246 e. The maximum atomic E-state index is 13.8. The van der Waals surface area contributed by atoms with Crippen molar-refractivity contribution in [2.45, 2.75) is 18.2 Å². The normalized spacial score (nSPS) is 16.4. The molecule has 0 radical (unpaired) electrons. The van der Waals surface area contributed by atoms with E-state index >= 15 is 0 Å². The molecule has 0 amide bonds. The quantitative estimate of drug-likeness (QED) is 0.823. The van der Waals surface area contributed by atoms with E-state index in [4.69, 9.17) is 12.2 Å². The molecule has 1 N–H and O–H groups in total. The number of nitrogens with one attached hydrogen (secondary N) is 1. The van der Waals surface area contributed by atoms with Crippen molar-refractivity contribution in [2.75, 3.05) is 32.7 Å². The van der Waals surface area contributed by atoms with Gasteiger partial charge in [-0.15, -0.1) is 0 Å². The molecule has 9 heteroatoms. The fourth-order valence-corrected chi connectivity index (χ4v) is 4.05. The summed E-state index contributed by atoms with van der Waals surface area (Å²) in [4.78, 5) is 1.39. The van der Waals surface area contributed by atoms with Crippen molar-refractivity contribution in [1.29, 1.82) is 0 Å². The largest absolute Gasteiger partial charge is 0.363 e. The summed E-state index contributed by atoms with van der Waals surface area (Å²) in [6, 6.07) is 2.47. The molecule has 0 atom stereocenters. The molecule has 128 valence electrons. The molecule has 1 heterocycles. The molecule has 0 unspecified atom stereocenters. The van der Waals surface area contributed by atoms with Crippen molar-refractivity contribution < 1.29 is 17.2 Å². The maximum absolute atomic E-state index is 13.8. The van der Waals surface area contributed by atoms with Gasteiger partial charge < -0.3 is 10.2 Å². The van der Waals surface area contributed by atoms with Gasteiger partial charge in [-0.2, -0.15) is 4.31 Å². The van der Waals surface area contributed by atoms with Crippen LogP contribution in [0.25, 0.3) is 0 Å². The van der Waals surface area contributed by atoms with Crippen LogP contribution < -0.4 is 5.32 Å². The number of hydrogen-bond acceptors (Lipinski definition) is 3. The van der Waals surface area contributed by atoms with Crippen LogP contribution in [0.4, 0.5) is 8.78 Å². The third-order valence-corrected chi connectivity index (χ3v) is 5.90. The Morgan fingerprint density at radius 3 is 2.48 bits per heavy atom. The van der Waals surface area contributed by atoms with Gasteiger partial charge in [-0.3, -0.25) is 0 Å². The van der Waals surface area contributed by atoms with Crippen molar-refractivity contribution in [1.82, 2.24) is 14.5 Å². The number of benzene rings is 1. The zero-order valence-corrected chi connectivity index (χ0v) is 14.4. The summed E-state index contributed by atoms with van der Waals surface area (Å²) in [5.41, 5.74) is 0. The lowest BCUT2D eigenvalue weighted by molar-refractivity contribution is 0.263. The third kappa shape index (κ3) is 4.15. The summed E-state index contributed by atoms with van der Waals surface area (Å²) in [5, 5.41) is 3.68. The highest BCUT2D eigenvalue weighted by molar-refractivity contribution is 7.89. The molecular formula is C14H19F2N3O2S2. The second-order valence-corrected chi connectivity index (χ2v) is 7.49. The average molecular weight is 363 g/mol. The molecule has 1 saturated heterocycles. The van der Waals surface area contributed by atoms with Crippen LogP contribution in [0.1, 0.15) is 13.3 Å². The second kappa shape index (κ2) is 7.50. The molecule has 1 aromatic rings. The topological polar surface area (TPSA) is 52.6 Å². The molecule has 5 nitrogen and oxygen atoms in total. The van der Waals surface area contributed by atoms with Crippen molar-refractivity contribution in [3.05, 3.63) is 29.8 Å². The van der Waals surface area contributed by atoms with Crippen LogP contribution in [-0.2, 0) is 10.0 Å². The predicted octanol–water partition coefficient (Wildman–Crippen LogP) is 1.56. The number of hydrogen-bond donors (Lipinski definition) is 1. The van der Waals surface area contributed by atoms with Gasteiger partial charge in [0.25, 0.3) is 0 Å². The van der Waals surface area contributed by atoms with Crippen LogP contribution >= 0.6 is 12.2 Å². The van der Waals surface area contributed by atoms with Crippen LogP contribution in [0, 0.1) is 11.6 Å². The van der Waals surface area contributed by atoms with Gasteiger partial charge in [-0.1, -0.05) is 6.92 Å². The lowest BCUT2D eigenvalue weighted by atomic mass is 10.3. The van der Waals surface area contributed by atoms with E-state index in [1.165, 1.54) is 4.31 Å². The van der Waals surface area contributed by atoms with E-state index in [2.05, 4.69) is 5.32 Å². The van der Waals surface area contributed by atoms with Gasteiger partial charge in [-0.05, 0) is 30.8 Å². The first-order valence-corrected chi connectivity index (χ1v) is 9.19. The summed E-state index contributed by atoms with van der Waals surface area (Å²) < 4.78 is 52.8. The van der Waals surface area contributed by atoms with Crippen LogP contribution in [0.3, 0.4) is 0 Å². The Bertz CT molecular complexity index is 675. The van der Waals surface area contributed by atoms with Gasteiger partial charge in [0.1, 0.15) is 16.5 Å². The van der Waals surface area contributed by atoms with Crippen LogP contribution in [0.15, 0.2) is 23.1 Å². The van der Waals surface area contributed by atoms with Gasteiger partial charge >= 0.3 is 0 Å². The number of piperazine rings is 1. The first kappa shape index (κ1) is 18.0. The molecular weight excluding hydrogens is 344 g/mol. The Balaban J connectivity index is 2.05. The summed E-state index contributed by atoms with van der Waals surface area (Å²) in [7, 11) is -3.97. The Kier molecular flexibility index (Phi) is 5.88. The van der Waals surface area contributed by atoms with E-state index in [-0.39, 0.29) is 13.1 Å². The van der Waals surface area contributed by atoms with E-state index < -0.39 is 26.6 Å². The Hall–Kier alpha value is -1.32. The van der Waals surface area contributed by atoms with Gasteiger partial charge in [0, 0.05) is 38.8 Å². The molecule has 2 rings (SSSR count). The number of sulfonamides is 1. The minimum absolute atomic E-state index is 0.201. The molecule has 1 aliphatic rings. The summed E-state index contributed by atoms with van der Waals surface area (Å²) in [6.07, 6.45) is 0.943. The van der Waals surface area contributed by atoms with Gasteiger partial charge in [0.2, 0.25) is 10.0 Å². The van der Waals surface area contributed by atoms with E-state index in [1.54, 1.807) is 0 Å². The number of rotatable bonds is 4. The van der Waals surface area contributed by atoms with Crippen molar-refractivity contribution in [3.63, 3.8) is 0 Å². The smallest absolute Gasteiger partial charge is 0.246 e. The SMILES string of the molecule is CCCNC(=S)N1CCN(S(=O)(=O)c2ccc(F)cc2F)CC1. The summed E-state index contributed by atoms with van der Waals surface area (Å²) in [6.45, 7) is 4.05. The fraction of sp³-hybridized carbons (Fsp3) is 0.500. The first-order chi connectivity index (χ1) is 10.9. The molecule has 1 aromatic carbocycles. The van der Waals surface area contributed by atoms with Gasteiger partial charge in [0.05, 0.1) is 0 Å². The van der Waals surface area contributed by atoms with Crippen molar-refractivity contribution >= 4 is 27.4 Å². The highest BCUT2D eigenvalue weighted by Gasteiger charge is 2.31. The molecule has 23 heavy (non-hydrogen) atoms. The minimum Gasteiger partial charge on any atom is -0.363 e. The fourth-order valence-electron chi connectivity index (χ4n) is 2.30. The molecule has 0 saturated carbocycles. The number of nitrogens with zero attached hydrogens (tertiary/aromatic N) is 2. The zero-order chi connectivity index (χ0) is 17.0. The molecule has 0 spiro atoms. The van der Waals surface area contributed by atoms with Crippen LogP contribution in [0.2, 0.25) is 0 Å². The summed E-state index contributed by atoms with van der Waals surface area (Å²) >= 11 is 5.25. The average Bonchev–Trinajstić information content (AvgIpc) is 2.52. The standard InChI is InChI=1S/C14H19F2N3O2S2/c1-2-5-17-14(22)18-6-8-19(9-7-18)23(20,21)13-4-3-11(15)10-12(13)16/h3-4,10H,2,5-9H2,1H3,(H,17,22). The Labute approximate surface area is 140 Å². The molecule has 1 aliphatic heterocycles. The van der Waals surface area contributed by atoms with Crippen LogP contribution in [0.5, 0.6) is 0 Å². The van der Waals surface area contributed by atoms with Gasteiger partial charge in [0.15, 0.2) is 5.11 Å². The van der Waals surface area contributed by atoms with Crippen molar-refractivity contribution in [3.8, 4) is 0 Å². The lowest BCUT2D eigenvalue weighted by Gasteiger charge is -2.35. The predicted molar refractivity (Wildman–Crippen MR) is 87.6 cm³/mol. The molecule has 0 aliphatic carbocycles. The number of thiocarbonyl (C=S) groups is 1. The number of halogens is 2. The third-order valence-electron chi connectivity index (χ3n) is 3.56. The Morgan fingerprint density at radius 2 is 1.91 bits per heavy atom. The highest BCUT2D eigenvalue weighted by atomic mass is 32.2. The zero-order valence-electron chi connectivity index (χ0n) is 12.8. The highest BCUT2D eigenvalue weighted by Crippen LogP contribution is 2.21. The molecule has 0 bridgehead atoms. The lowest BCUT2D eigenvalue weighted by Crippen LogP contribution is -2.53. The van der Waals surface area contributed by atoms with Gasteiger partial charge in [-0.25, -0.2) is 17.2 Å². The monoisotopic (exact) mass is 363 g/mol. The second-order valence-electron chi connectivity index (χ2n) is 5.20. The van der Waals surface area contributed by atoms with E-state index in [0.29, 0.717) is 24.3 Å².